The molecule has 0 saturated heterocycles. The van der Waals surface area contributed by atoms with E-state index >= 15 is 0 Å². The van der Waals surface area contributed by atoms with Crippen molar-refractivity contribution in [2.45, 2.75) is 19.0 Å². The molecule has 1 unspecified atom stereocenters. The second kappa shape index (κ2) is 5.58. The van der Waals surface area contributed by atoms with Gasteiger partial charge in [-0.25, -0.2) is 0 Å². The summed E-state index contributed by atoms with van der Waals surface area (Å²) in [5, 5.41) is 12.7. The summed E-state index contributed by atoms with van der Waals surface area (Å²) in [5.41, 5.74) is 3.20. The number of hydrogen-bond acceptors (Lipinski definition) is 3. The van der Waals surface area contributed by atoms with Crippen molar-refractivity contribution in [2.75, 3.05) is 11.9 Å². The minimum absolute atomic E-state index is 0.0266. The van der Waals surface area contributed by atoms with E-state index in [0.717, 1.165) is 16.8 Å². The summed E-state index contributed by atoms with van der Waals surface area (Å²) < 4.78 is 0. The first-order chi connectivity index (χ1) is 10.1. The molecule has 1 amide bonds. The molecule has 2 aromatic carbocycles. The van der Waals surface area contributed by atoms with Gasteiger partial charge in [-0.1, -0.05) is 30.3 Å². The van der Waals surface area contributed by atoms with Gasteiger partial charge in [0.05, 0.1) is 0 Å². The number of benzene rings is 2. The Hall–Kier alpha value is -2.33. The first-order valence-corrected chi connectivity index (χ1v) is 7.02. The number of hydrogen-bond donors (Lipinski definition) is 2. The zero-order valence-electron chi connectivity index (χ0n) is 11.9. The number of nitrogens with zero attached hydrogens (tertiary/aromatic N) is 1. The quantitative estimate of drug-likeness (QED) is 0.910. The van der Waals surface area contributed by atoms with Crippen LogP contribution in [0.3, 0.4) is 0 Å². The summed E-state index contributed by atoms with van der Waals surface area (Å²) in [6.07, 6.45) is 0.464. The van der Waals surface area contributed by atoms with E-state index in [2.05, 4.69) is 11.4 Å². The largest absolute Gasteiger partial charge is 0.508 e. The Bertz CT molecular complexity index is 652. The highest BCUT2D eigenvalue weighted by atomic mass is 16.3. The molecule has 0 fully saturated rings. The van der Waals surface area contributed by atoms with E-state index in [9.17, 15) is 9.90 Å². The van der Waals surface area contributed by atoms with Crippen LogP contribution in [-0.2, 0) is 11.3 Å². The summed E-state index contributed by atoms with van der Waals surface area (Å²) in [5.74, 6) is 0.385. The van der Waals surface area contributed by atoms with E-state index < -0.39 is 0 Å². The molecule has 3 rings (SSSR count). The van der Waals surface area contributed by atoms with Crippen molar-refractivity contribution in [3.05, 3.63) is 59.7 Å². The molecule has 21 heavy (non-hydrogen) atoms. The number of nitrogens with one attached hydrogen (secondary N) is 1. The zero-order chi connectivity index (χ0) is 14.8. The average molecular weight is 282 g/mol. The Morgan fingerprint density at radius 1 is 1.19 bits per heavy atom. The molecule has 0 aliphatic carbocycles. The fourth-order valence-electron chi connectivity index (χ4n) is 2.68. The predicted octanol–water partition coefficient (Wildman–Crippen LogP) is 2.59. The number of phenolic OH excluding ortho intramolecular Hbond substituents is 1. The molecule has 0 radical (unpaired) electrons. The van der Waals surface area contributed by atoms with Gasteiger partial charge in [0.25, 0.3) is 0 Å². The Morgan fingerprint density at radius 3 is 2.67 bits per heavy atom. The van der Waals surface area contributed by atoms with Gasteiger partial charge in [-0.05, 0) is 29.3 Å². The maximum atomic E-state index is 12.1. The van der Waals surface area contributed by atoms with E-state index in [1.807, 2.05) is 37.4 Å². The van der Waals surface area contributed by atoms with Gasteiger partial charge in [0.15, 0.2) is 0 Å². The van der Waals surface area contributed by atoms with E-state index in [-0.39, 0.29) is 17.7 Å². The maximum Gasteiger partial charge on any atom is 0.228 e. The Kier molecular flexibility index (Phi) is 3.62. The first-order valence-electron chi connectivity index (χ1n) is 7.02. The number of carbonyl (C=O) groups excluding carboxylic acids is 1. The molecule has 0 saturated carbocycles. The summed E-state index contributed by atoms with van der Waals surface area (Å²) in [6, 6.07) is 15.1. The lowest BCUT2D eigenvalue weighted by molar-refractivity contribution is -0.119. The van der Waals surface area contributed by atoms with Crippen LogP contribution in [0.15, 0.2) is 48.5 Å². The lowest BCUT2D eigenvalue weighted by Crippen LogP contribution is -2.37. The molecule has 108 valence electrons. The van der Waals surface area contributed by atoms with Crippen LogP contribution in [0.4, 0.5) is 5.69 Å². The number of aromatic hydroxyl groups is 1. The smallest absolute Gasteiger partial charge is 0.228 e. The molecular weight excluding hydrogens is 264 g/mol. The van der Waals surface area contributed by atoms with Gasteiger partial charge in [-0.3, -0.25) is 4.79 Å². The summed E-state index contributed by atoms with van der Waals surface area (Å²) in [4.78, 5) is 13.8. The van der Waals surface area contributed by atoms with Gasteiger partial charge in [0.1, 0.15) is 5.75 Å². The van der Waals surface area contributed by atoms with Crippen LogP contribution >= 0.6 is 0 Å². The number of phenols is 1. The van der Waals surface area contributed by atoms with Crippen LogP contribution in [0.5, 0.6) is 5.75 Å². The molecule has 2 aromatic rings. The summed E-state index contributed by atoms with van der Waals surface area (Å²) in [7, 11) is 1.82. The molecule has 4 nitrogen and oxygen atoms in total. The van der Waals surface area contributed by atoms with Gasteiger partial charge in [0, 0.05) is 31.7 Å². The highest BCUT2D eigenvalue weighted by molar-refractivity contribution is 5.96. The second-order valence-corrected chi connectivity index (χ2v) is 5.32. The van der Waals surface area contributed by atoms with Crippen molar-refractivity contribution < 1.29 is 9.90 Å². The van der Waals surface area contributed by atoms with E-state index in [4.69, 9.17) is 0 Å². The van der Waals surface area contributed by atoms with E-state index in [0.29, 0.717) is 13.0 Å². The standard InChI is InChI=1S/C17H18N2O2/c1-19-16-5-3-2-4-14(16)15(10-17(19)21)18-11-12-6-8-13(20)9-7-12/h2-9,15,18,20H,10-11H2,1H3. The van der Waals surface area contributed by atoms with Crippen LogP contribution in [-0.4, -0.2) is 18.1 Å². The van der Waals surface area contributed by atoms with Crippen molar-refractivity contribution in [1.82, 2.24) is 5.32 Å². The Morgan fingerprint density at radius 2 is 1.90 bits per heavy atom. The number of anilines is 1. The monoisotopic (exact) mass is 282 g/mol. The number of fused-ring (bicyclic) bond motifs is 1. The summed E-state index contributed by atoms with van der Waals surface area (Å²) >= 11 is 0. The van der Waals surface area contributed by atoms with Gasteiger partial charge < -0.3 is 15.3 Å². The van der Waals surface area contributed by atoms with Gasteiger partial charge in [-0.15, -0.1) is 0 Å². The first kappa shape index (κ1) is 13.6. The number of rotatable bonds is 3. The normalized spacial score (nSPS) is 17.7. The highest BCUT2D eigenvalue weighted by Crippen LogP contribution is 2.33. The Balaban J connectivity index is 1.78. The van der Waals surface area contributed by atoms with Gasteiger partial charge >= 0.3 is 0 Å². The van der Waals surface area contributed by atoms with Crippen LogP contribution < -0.4 is 10.2 Å². The number of para-hydroxylation sites is 1. The molecule has 1 heterocycles. The predicted molar refractivity (Wildman–Crippen MR) is 82.2 cm³/mol. The molecule has 1 atom stereocenters. The molecule has 1 aliphatic rings. The minimum atomic E-state index is 0.0266. The number of carbonyl (C=O) groups is 1. The molecule has 0 aromatic heterocycles. The van der Waals surface area contributed by atoms with Gasteiger partial charge in [0.2, 0.25) is 5.91 Å². The third kappa shape index (κ3) is 2.76. The fourth-order valence-corrected chi connectivity index (χ4v) is 2.68. The highest BCUT2D eigenvalue weighted by Gasteiger charge is 2.28. The SMILES string of the molecule is CN1C(=O)CC(NCc2ccc(O)cc2)c2ccccc21. The van der Waals surface area contributed by atoms with Gasteiger partial charge in [-0.2, -0.15) is 0 Å². The zero-order valence-corrected chi connectivity index (χ0v) is 11.9. The maximum absolute atomic E-state index is 12.1. The van der Waals surface area contributed by atoms with Crippen molar-refractivity contribution in [1.29, 1.82) is 0 Å². The fraction of sp³-hybridized carbons (Fsp3) is 0.235. The Labute approximate surface area is 124 Å². The molecule has 0 spiro atoms. The third-order valence-electron chi connectivity index (χ3n) is 3.92. The van der Waals surface area contributed by atoms with E-state index in [1.54, 1.807) is 17.0 Å². The van der Waals surface area contributed by atoms with Crippen LogP contribution in [0.1, 0.15) is 23.6 Å². The van der Waals surface area contributed by atoms with Crippen molar-refractivity contribution in [3.63, 3.8) is 0 Å². The van der Waals surface area contributed by atoms with Crippen LogP contribution in [0, 0.1) is 0 Å². The topological polar surface area (TPSA) is 52.6 Å². The minimum Gasteiger partial charge on any atom is -0.508 e. The lowest BCUT2D eigenvalue weighted by Gasteiger charge is -2.32. The second-order valence-electron chi connectivity index (χ2n) is 5.32. The summed E-state index contributed by atoms with van der Waals surface area (Å²) in [6.45, 7) is 0.663. The molecular formula is C17H18N2O2. The molecule has 2 N–H and O–H groups in total. The molecule has 4 heteroatoms. The third-order valence-corrected chi connectivity index (χ3v) is 3.92. The van der Waals surface area contributed by atoms with Crippen LogP contribution in [0.2, 0.25) is 0 Å². The average Bonchev–Trinajstić information content (AvgIpc) is 2.51. The van der Waals surface area contributed by atoms with Crippen molar-refractivity contribution in [3.8, 4) is 5.75 Å². The van der Waals surface area contributed by atoms with Crippen LogP contribution in [0.25, 0.3) is 0 Å². The lowest BCUT2D eigenvalue weighted by atomic mass is 9.96. The van der Waals surface area contributed by atoms with Crippen molar-refractivity contribution >= 4 is 11.6 Å². The molecule has 0 bridgehead atoms. The van der Waals surface area contributed by atoms with Crippen molar-refractivity contribution in [2.24, 2.45) is 0 Å². The molecule has 1 aliphatic heterocycles. The number of amides is 1. The van der Waals surface area contributed by atoms with E-state index in [1.165, 1.54) is 0 Å².